The van der Waals surface area contributed by atoms with E-state index in [0.29, 0.717) is 28.6 Å². The lowest BCUT2D eigenvalue weighted by Gasteiger charge is -2.13. The first-order valence-electron chi connectivity index (χ1n) is 8.02. The smallest absolute Gasteiger partial charge is 0.261 e. The van der Waals surface area contributed by atoms with Crippen molar-refractivity contribution in [1.29, 1.82) is 0 Å². The Morgan fingerprint density at radius 2 is 1.89 bits per heavy atom. The Morgan fingerprint density at radius 1 is 1.07 bits per heavy atom. The number of ether oxygens (including phenoxy) is 1. The van der Waals surface area contributed by atoms with Gasteiger partial charge in [0.15, 0.2) is 0 Å². The molecule has 3 N–H and O–H groups in total. The highest BCUT2D eigenvalue weighted by Crippen LogP contribution is 2.27. The maximum atomic E-state index is 12.6. The average molecular weight is 367 g/mol. The maximum absolute atomic E-state index is 12.6. The van der Waals surface area contributed by atoms with Crippen molar-refractivity contribution >= 4 is 23.2 Å². The number of H-pyrrole nitrogens is 1. The van der Waals surface area contributed by atoms with E-state index in [4.69, 9.17) is 9.15 Å². The highest BCUT2D eigenvalue weighted by Gasteiger charge is 2.15. The quantitative estimate of drug-likeness (QED) is 0.642. The van der Waals surface area contributed by atoms with Gasteiger partial charge < -0.3 is 24.8 Å². The number of aromatic nitrogens is 1. The molecule has 0 aliphatic carbocycles. The van der Waals surface area contributed by atoms with Gasteiger partial charge in [-0.05, 0) is 36.4 Å². The van der Waals surface area contributed by atoms with Crippen LogP contribution in [-0.4, -0.2) is 23.9 Å². The number of rotatable bonds is 5. The number of carbonyl (C=O) groups is 2. The minimum absolute atomic E-state index is 0.0816. The number of nitrogens with one attached hydrogen (secondary N) is 3. The highest BCUT2D eigenvalue weighted by atomic mass is 16.5. The van der Waals surface area contributed by atoms with Gasteiger partial charge in [0.05, 0.1) is 30.4 Å². The summed E-state index contributed by atoms with van der Waals surface area (Å²) < 4.78 is 10.4. The number of aromatic amines is 1. The average Bonchev–Trinajstić information content (AvgIpc) is 3.17. The monoisotopic (exact) mass is 367 g/mol. The van der Waals surface area contributed by atoms with E-state index in [1.54, 1.807) is 36.4 Å². The molecule has 1 aromatic carbocycles. The third-order valence-corrected chi connectivity index (χ3v) is 3.73. The van der Waals surface area contributed by atoms with Gasteiger partial charge in [-0.2, -0.15) is 0 Å². The summed E-state index contributed by atoms with van der Waals surface area (Å²) in [7, 11) is 1.48. The molecule has 27 heavy (non-hydrogen) atoms. The van der Waals surface area contributed by atoms with Crippen molar-refractivity contribution in [2.75, 3.05) is 17.7 Å². The van der Waals surface area contributed by atoms with Gasteiger partial charge in [-0.1, -0.05) is 0 Å². The van der Waals surface area contributed by atoms with E-state index in [0.717, 1.165) is 0 Å². The number of pyridine rings is 1. The molecule has 2 aromatic heterocycles. The number of furan rings is 1. The van der Waals surface area contributed by atoms with Crippen LogP contribution in [0.15, 0.2) is 57.9 Å². The van der Waals surface area contributed by atoms with Crippen LogP contribution >= 0.6 is 0 Å². The third-order valence-electron chi connectivity index (χ3n) is 3.73. The third kappa shape index (κ3) is 4.06. The van der Waals surface area contributed by atoms with Gasteiger partial charge in [0, 0.05) is 13.0 Å². The Hall–Kier alpha value is -3.81. The summed E-state index contributed by atoms with van der Waals surface area (Å²) in [6, 6.07) is 11.2. The fourth-order valence-electron chi connectivity index (χ4n) is 2.47. The lowest BCUT2D eigenvalue weighted by molar-refractivity contribution is -0.114. The van der Waals surface area contributed by atoms with Crippen molar-refractivity contribution in [3.05, 3.63) is 64.6 Å². The van der Waals surface area contributed by atoms with Crippen molar-refractivity contribution in [3.8, 4) is 17.2 Å². The number of hydrogen-bond acceptors (Lipinski definition) is 5. The molecule has 3 aromatic rings. The molecule has 0 unspecified atom stereocenters. The molecule has 0 bridgehead atoms. The number of carbonyl (C=O) groups excluding carboxylic acids is 2. The Balaban J connectivity index is 1.89. The SMILES string of the molecule is COc1ccc(NC(C)=O)c(NC(=O)c2ccc(-c3ccco3)[nH]c2=O)c1. The summed E-state index contributed by atoms with van der Waals surface area (Å²) in [6.45, 7) is 1.36. The van der Waals surface area contributed by atoms with Gasteiger partial charge in [0.25, 0.3) is 11.5 Å². The van der Waals surface area contributed by atoms with E-state index in [9.17, 15) is 14.4 Å². The lowest BCUT2D eigenvalue weighted by atomic mass is 10.2. The van der Waals surface area contributed by atoms with Crippen molar-refractivity contribution in [2.24, 2.45) is 0 Å². The summed E-state index contributed by atoms with van der Waals surface area (Å²) in [5.74, 6) is 0.0553. The molecule has 0 spiro atoms. The van der Waals surface area contributed by atoms with E-state index >= 15 is 0 Å². The molecule has 0 aliphatic rings. The minimum Gasteiger partial charge on any atom is -0.497 e. The normalized spacial score (nSPS) is 10.3. The van der Waals surface area contributed by atoms with E-state index in [-0.39, 0.29) is 11.5 Å². The molecule has 0 saturated heterocycles. The number of hydrogen-bond donors (Lipinski definition) is 3. The number of methoxy groups -OCH3 is 1. The predicted octanol–water partition coefficient (Wildman–Crippen LogP) is 2.85. The highest BCUT2D eigenvalue weighted by molar-refractivity contribution is 6.07. The second kappa shape index (κ2) is 7.61. The van der Waals surface area contributed by atoms with Gasteiger partial charge in [-0.3, -0.25) is 14.4 Å². The standard InChI is InChI=1S/C19H17N3O5/c1-11(23)20-14-7-5-12(26-2)10-16(14)22-19(25)13-6-8-15(21-18(13)24)17-4-3-9-27-17/h3-10H,1-2H3,(H,20,23)(H,21,24)(H,22,25). The largest absolute Gasteiger partial charge is 0.497 e. The second-order valence-electron chi connectivity index (χ2n) is 5.64. The summed E-state index contributed by atoms with van der Waals surface area (Å²) in [6.07, 6.45) is 1.49. The van der Waals surface area contributed by atoms with Crippen molar-refractivity contribution in [3.63, 3.8) is 0 Å². The van der Waals surface area contributed by atoms with Crippen molar-refractivity contribution in [2.45, 2.75) is 6.92 Å². The topological polar surface area (TPSA) is 113 Å². The van der Waals surface area contributed by atoms with Crippen molar-refractivity contribution in [1.82, 2.24) is 4.98 Å². The number of anilines is 2. The Morgan fingerprint density at radius 3 is 2.52 bits per heavy atom. The van der Waals surface area contributed by atoms with E-state index in [1.165, 1.54) is 26.4 Å². The Bertz CT molecular complexity index is 1040. The minimum atomic E-state index is -0.623. The zero-order valence-corrected chi connectivity index (χ0v) is 14.7. The second-order valence-corrected chi connectivity index (χ2v) is 5.64. The first-order valence-corrected chi connectivity index (χ1v) is 8.02. The van der Waals surface area contributed by atoms with E-state index in [1.807, 2.05) is 0 Å². The first kappa shape index (κ1) is 18.0. The molecule has 0 fully saturated rings. The van der Waals surface area contributed by atoms with Crippen LogP contribution in [0.2, 0.25) is 0 Å². The predicted molar refractivity (Wildman–Crippen MR) is 100 cm³/mol. The summed E-state index contributed by atoms with van der Waals surface area (Å²) >= 11 is 0. The Labute approximate surface area is 154 Å². The van der Waals surface area contributed by atoms with Gasteiger partial charge in [-0.25, -0.2) is 0 Å². The lowest BCUT2D eigenvalue weighted by Crippen LogP contribution is -2.24. The molecule has 0 atom stereocenters. The molecule has 3 rings (SSSR count). The van der Waals surface area contributed by atoms with E-state index in [2.05, 4.69) is 15.6 Å². The van der Waals surface area contributed by atoms with Crippen LogP contribution in [0.1, 0.15) is 17.3 Å². The summed E-state index contributed by atoms with van der Waals surface area (Å²) in [4.78, 5) is 38.8. The molecular formula is C19H17N3O5. The fourth-order valence-corrected chi connectivity index (χ4v) is 2.47. The van der Waals surface area contributed by atoms with Crippen LogP contribution in [0.25, 0.3) is 11.5 Å². The molecular weight excluding hydrogens is 350 g/mol. The van der Waals surface area contributed by atoms with Crippen molar-refractivity contribution < 1.29 is 18.7 Å². The van der Waals surface area contributed by atoms with Crippen LogP contribution in [-0.2, 0) is 4.79 Å². The molecule has 2 amide bonds. The molecule has 8 heteroatoms. The molecule has 0 aliphatic heterocycles. The molecule has 138 valence electrons. The van der Waals surface area contributed by atoms with Crippen LogP contribution in [0, 0.1) is 0 Å². The van der Waals surface area contributed by atoms with Gasteiger partial charge in [-0.15, -0.1) is 0 Å². The molecule has 8 nitrogen and oxygen atoms in total. The molecule has 0 saturated carbocycles. The summed E-state index contributed by atoms with van der Waals surface area (Å²) in [5, 5.41) is 5.24. The van der Waals surface area contributed by atoms with Crippen LogP contribution < -0.4 is 20.9 Å². The first-order chi connectivity index (χ1) is 13.0. The zero-order valence-electron chi connectivity index (χ0n) is 14.7. The maximum Gasteiger partial charge on any atom is 0.261 e. The van der Waals surface area contributed by atoms with E-state index < -0.39 is 11.5 Å². The fraction of sp³-hybridized carbons (Fsp3) is 0.105. The van der Waals surface area contributed by atoms with Gasteiger partial charge in [0.2, 0.25) is 5.91 Å². The van der Waals surface area contributed by atoms with Crippen LogP contribution in [0.5, 0.6) is 5.75 Å². The molecule has 2 heterocycles. The van der Waals surface area contributed by atoms with Gasteiger partial charge in [0.1, 0.15) is 17.1 Å². The van der Waals surface area contributed by atoms with Crippen LogP contribution in [0.4, 0.5) is 11.4 Å². The Kier molecular flexibility index (Phi) is 5.07. The van der Waals surface area contributed by atoms with Crippen LogP contribution in [0.3, 0.4) is 0 Å². The molecule has 0 radical (unpaired) electrons. The zero-order chi connectivity index (χ0) is 19.4. The summed E-state index contributed by atoms with van der Waals surface area (Å²) in [5.41, 5.74) is 0.512. The number of benzene rings is 1. The number of amides is 2. The van der Waals surface area contributed by atoms with Gasteiger partial charge >= 0.3 is 0 Å².